The van der Waals surface area contributed by atoms with E-state index in [0.717, 1.165) is 71.8 Å². The second-order valence-corrected chi connectivity index (χ2v) is 18.8. The van der Waals surface area contributed by atoms with Gasteiger partial charge in [0.2, 0.25) is 5.91 Å². The predicted octanol–water partition coefficient (Wildman–Crippen LogP) is 10.7. The lowest BCUT2D eigenvalue weighted by molar-refractivity contribution is -0.174. The van der Waals surface area contributed by atoms with Gasteiger partial charge >= 0.3 is 18.1 Å². The summed E-state index contributed by atoms with van der Waals surface area (Å²) in [6.07, 6.45) is 2.39. The third-order valence-corrected chi connectivity index (χ3v) is 14.0. The fraction of sp³-hybridized carbons (Fsp3) is 0.469. The summed E-state index contributed by atoms with van der Waals surface area (Å²) in [4.78, 5) is 45.2. The maximum absolute atomic E-state index is 14.5. The van der Waals surface area contributed by atoms with Crippen LogP contribution in [0.3, 0.4) is 0 Å². The molecule has 0 saturated heterocycles. The lowest BCUT2D eigenvalue weighted by Crippen LogP contribution is -2.63. The number of hydrogen-bond donors (Lipinski definition) is 1. The van der Waals surface area contributed by atoms with Crippen molar-refractivity contribution in [2.75, 3.05) is 31.8 Å². The Hall–Kier alpha value is -4.62. The number of ether oxygens (including phenoxy) is 3. The molecule has 0 unspecified atom stereocenters. The zero-order valence-electron chi connectivity index (χ0n) is 35.9. The van der Waals surface area contributed by atoms with Gasteiger partial charge in [0.15, 0.2) is 0 Å². The topological polar surface area (TPSA) is 107 Å². The third kappa shape index (κ3) is 10.2. The van der Waals surface area contributed by atoms with Crippen LogP contribution in [-0.4, -0.2) is 61.4 Å². The molecule has 14 heteroatoms. The van der Waals surface area contributed by atoms with E-state index in [9.17, 15) is 27.6 Å². The number of carbonyl (C=O) groups is 3. The number of aryl methyl sites for hydroxylation is 1. The Labute approximate surface area is 380 Å². The lowest BCUT2D eigenvalue weighted by atomic mass is 9.59. The molecule has 2 amide bonds. The SMILES string of the molecule is COC(=O)C1(N(C(=O)C(F)(F)F)c2cccc(Cl)c2)CCC2(CC1)c1cc(OCCCNC(=O)Cc3cccc(Br)c3)ccc1C[C@@H]2C[C@@H](C)COc1ccnc2c1[C@H](C)CCC2. The number of nitrogens with one attached hydrogen (secondary N) is 1. The Balaban J connectivity index is 1.13. The van der Waals surface area contributed by atoms with Gasteiger partial charge in [0.25, 0.3) is 0 Å². The highest BCUT2D eigenvalue weighted by Gasteiger charge is 2.60. The summed E-state index contributed by atoms with van der Waals surface area (Å²) in [6, 6.07) is 21.2. The van der Waals surface area contributed by atoms with Gasteiger partial charge in [-0.05, 0) is 153 Å². The standard InChI is InChI=1S/C49H54BrClF3N3O6/c1-31(30-63-42-16-22-55-41-13-4-8-32(2)44(41)42)24-35-27-34-14-15-39(62-23-7-21-56-43(58)26-33-9-5-10-36(50)25-33)29-40(34)47(35)17-19-48(20-18-47,46(60)61-3)57(45(59)49(52,53)54)38-12-6-11-37(51)28-38/h5-6,9-12,14-16,22,25,28-29,31-32,35H,4,7-8,13,17-21,23-24,26-27,30H2,1-3H3,(H,56,58)/t31-,32-,35+,47?,48?/m1/s1. The monoisotopic (exact) mass is 951 g/mol. The van der Waals surface area contributed by atoms with Gasteiger partial charge in [-0.1, -0.05) is 65.6 Å². The third-order valence-electron chi connectivity index (χ3n) is 13.3. The average Bonchev–Trinajstić information content (AvgIpc) is 3.53. The number of benzene rings is 3. The van der Waals surface area contributed by atoms with Crippen LogP contribution in [0.4, 0.5) is 18.9 Å². The van der Waals surface area contributed by atoms with Crippen LogP contribution in [0.1, 0.15) is 99.1 Å². The Morgan fingerprint density at radius 1 is 1.02 bits per heavy atom. The molecule has 4 aromatic rings. The molecular formula is C49H54BrClF3N3O6. The number of esters is 1. The van der Waals surface area contributed by atoms with E-state index < -0.39 is 29.0 Å². The van der Waals surface area contributed by atoms with Gasteiger partial charge in [-0.3, -0.25) is 19.5 Å². The number of alkyl halides is 3. The highest BCUT2D eigenvalue weighted by atomic mass is 79.9. The van der Waals surface area contributed by atoms with Gasteiger partial charge in [-0.2, -0.15) is 13.2 Å². The molecule has 1 heterocycles. The number of aromatic nitrogens is 1. The second kappa shape index (κ2) is 19.6. The van der Waals surface area contributed by atoms with Crippen LogP contribution in [-0.2, 0) is 43.8 Å². The number of amides is 2. The van der Waals surface area contributed by atoms with Crippen LogP contribution in [0.5, 0.6) is 11.5 Å². The van der Waals surface area contributed by atoms with E-state index >= 15 is 0 Å². The quantitative estimate of drug-likeness (QED) is 0.0934. The van der Waals surface area contributed by atoms with Crippen molar-refractivity contribution in [1.29, 1.82) is 0 Å². The molecule has 9 nitrogen and oxygen atoms in total. The molecule has 1 fully saturated rings. The molecule has 0 bridgehead atoms. The summed E-state index contributed by atoms with van der Waals surface area (Å²) < 4.78 is 62.5. The van der Waals surface area contributed by atoms with Crippen molar-refractivity contribution in [3.05, 3.63) is 116 Å². The smallest absolute Gasteiger partial charge is 0.471 e. The van der Waals surface area contributed by atoms with Crippen molar-refractivity contribution in [1.82, 2.24) is 10.3 Å². The van der Waals surface area contributed by atoms with E-state index in [0.29, 0.717) is 55.6 Å². The number of rotatable bonds is 15. The Morgan fingerprint density at radius 2 is 1.79 bits per heavy atom. The number of hydrogen-bond acceptors (Lipinski definition) is 7. The molecular weight excluding hydrogens is 899 g/mol. The van der Waals surface area contributed by atoms with Crippen LogP contribution in [0.2, 0.25) is 5.02 Å². The first-order valence-electron chi connectivity index (χ1n) is 21.8. The lowest BCUT2D eigenvalue weighted by Gasteiger charge is -2.51. The number of methoxy groups -OCH3 is 1. The Bertz CT molecular complexity index is 2300. The van der Waals surface area contributed by atoms with E-state index in [4.69, 9.17) is 25.8 Å². The van der Waals surface area contributed by atoms with Gasteiger partial charge in [-0.25, -0.2) is 4.79 Å². The first-order valence-corrected chi connectivity index (χ1v) is 22.9. The Morgan fingerprint density at radius 3 is 2.52 bits per heavy atom. The Kier molecular flexibility index (Phi) is 14.5. The number of carbonyl (C=O) groups excluding carboxylic acids is 3. The van der Waals surface area contributed by atoms with Crippen LogP contribution < -0.4 is 19.7 Å². The maximum atomic E-state index is 14.5. The minimum atomic E-state index is -5.28. The zero-order valence-corrected chi connectivity index (χ0v) is 38.2. The summed E-state index contributed by atoms with van der Waals surface area (Å²) in [6.45, 7) is 5.61. The molecule has 7 rings (SSSR count). The van der Waals surface area contributed by atoms with Crippen molar-refractivity contribution < 1.29 is 41.8 Å². The van der Waals surface area contributed by atoms with Crippen molar-refractivity contribution in [2.24, 2.45) is 11.8 Å². The summed E-state index contributed by atoms with van der Waals surface area (Å²) in [5, 5.41) is 3.08. The minimum Gasteiger partial charge on any atom is -0.494 e. The van der Waals surface area contributed by atoms with Crippen LogP contribution >= 0.6 is 27.5 Å². The summed E-state index contributed by atoms with van der Waals surface area (Å²) in [5.74, 6) is -1.16. The summed E-state index contributed by atoms with van der Waals surface area (Å²) in [5.41, 5.74) is 2.68. The predicted molar refractivity (Wildman–Crippen MR) is 239 cm³/mol. The molecule has 3 aromatic carbocycles. The van der Waals surface area contributed by atoms with E-state index in [2.05, 4.69) is 46.1 Å². The second-order valence-electron chi connectivity index (χ2n) is 17.5. The fourth-order valence-electron chi connectivity index (χ4n) is 10.3. The van der Waals surface area contributed by atoms with Crippen molar-refractivity contribution in [3.8, 4) is 11.5 Å². The molecule has 0 aliphatic heterocycles. The molecule has 336 valence electrons. The van der Waals surface area contributed by atoms with Crippen LogP contribution in [0.15, 0.2) is 83.5 Å². The van der Waals surface area contributed by atoms with E-state index in [1.807, 2.05) is 48.7 Å². The minimum absolute atomic E-state index is 0.0423. The molecule has 3 aliphatic carbocycles. The number of anilines is 1. The largest absolute Gasteiger partial charge is 0.494 e. The number of halogens is 5. The zero-order chi connectivity index (χ0) is 44.9. The molecule has 1 spiro atoms. The number of fused-ring (bicyclic) bond motifs is 3. The number of pyridine rings is 1. The first kappa shape index (κ1) is 46.4. The van der Waals surface area contributed by atoms with E-state index in [-0.39, 0.29) is 47.7 Å². The van der Waals surface area contributed by atoms with E-state index in [1.54, 1.807) is 0 Å². The molecule has 63 heavy (non-hydrogen) atoms. The summed E-state index contributed by atoms with van der Waals surface area (Å²) >= 11 is 9.71. The molecule has 0 radical (unpaired) electrons. The van der Waals surface area contributed by atoms with Crippen molar-refractivity contribution in [3.63, 3.8) is 0 Å². The molecule has 3 atom stereocenters. The summed E-state index contributed by atoms with van der Waals surface area (Å²) in [7, 11) is 1.14. The van der Waals surface area contributed by atoms with Gasteiger partial charge in [-0.15, -0.1) is 0 Å². The van der Waals surface area contributed by atoms with Gasteiger partial charge < -0.3 is 19.5 Å². The van der Waals surface area contributed by atoms with Crippen molar-refractivity contribution in [2.45, 2.75) is 108 Å². The van der Waals surface area contributed by atoms with Crippen LogP contribution in [0.25, 0.3) is 0 Å². The normalized spacial score (nSPS) is 22.1. The van der Waals surface area contributed by atoms with Gasteiger partial charge in [0.05, 0.1) is 26.7 Å². The van der Waals surface area contributed by atoms with E-state index in [1.165, 1.54) is 29.8 Å². The molecule has 1 N–H and O–H groups in total. The van der Waals surface area contributed by atoms with Gasteiger partial charge in [0, 0.05) is 39.2 Å². The van der Waals surface area contributed by atoms with Crippen molar-refractivity contribution >= 4 is 51.0 Å². The van der Waals surface area contributed by atoms with Crippen LogP contribution in [0, 0.1) is 11.8 Å². The maximum Gasteiger partial charge on any atom is 0.471 e. The average molecular weight is 953 g/mol. The molecule has 1 aromatic heterocycles. The highest BCUT2D eigenvalue weighted by Crippen LogP contribution is 2.58. The molecule has 3 aliphatic rings. The highest BCUT2D eigenvalue weighted by molar-refractivity contribution is 9.10. The first-order chi connectivity index (χ1) is 30.1. The number of nitrogens with zero attached hydrogens (tertiary/aromatic N) is 2. The van der Waals surface area contributed by atoms with Gasteiger partial charge in [0.1, 0.15) is 17.0 Å². The fourth-order valence-corrected chi connectivity index (χ4v) is 10.9. The molecule has 1 saturated carbocycles.